The molecule has 0 spiro atoms. The van der Waals surface area contributed by atoms with Gasteiger partial charge in [-0.05, 0) is 62.7 Å². The van der Waals surface area contributed by atoms with Crippen LogP contribution in [-0.4, -0.2) is 29.4 Å². The molecule has 4 aliphatic carbocycles. The van der Waals surface area contributed by atoms with Gasteiger partial charge < -0.3 is 10.6 Å². The summed E-state index contributed by atoms with van der Waals surface area (Å²) in [6, 6.07) is 0. The van der Waals surface area contributed by atoms with Crippen molar-refractivity contribution in [3.05, 3.63) is 0 Å². The van der Waals surface area contributed by atoms with Crippen molar-refractivity contribution < 1.29 is 4.79 Å². The van der Waals surface area contributed by atoms with Crippen molar-refractivity contribution in [2.75, 3.05) is 13.1 Å². The first kappa shape index (κ1) is 13.1. The van der Waals surface area contributed by atoms with E-state index in [9.17, 15) is 4.79 Å². The molecule has 0 atom stereocenters. The summed E-state index contributed by atoms with van der Waals surface area (Å²) >= 11 is 0. The topological polar surface area (TPSA) is 46.3 Å². The Bertz CT molecular complexity index is 389. The summed E-state index contributed by atoms with van der Waals surface area (Å²) in [7, 11) is 0. The first-order valence-electron chi connectivity index (χ1n) is 8.60. The predicted octanol–water partition coefficient (Wildman–Crippen LogP) is 2.54. The van der Waals surface area contributed by atoms with Crippen LogP contribution in [0.5, 0.6) is 0 Å². The maximum atomic E-state index is 13.0. The molecule has 0 aromatic heterocycles. The predicted molar refractivity (Wildman–Crippen MR) is 79.0 cm³/mol. The van der Waals surface area contributed by atoms with E-state index in [-0.39, 0.29) is 11.0 Å². The van der Waals surface area contributed by atoms with E-state index >= 15 is 0 Å². The maximum Gasteiger partial charge on any atom is 0.228 e. The molecule has 112 valence electrons. The number of carbonyl (C=O) groups is 1. The average molecular weight is 276 g/mol. The van der Waals surface area contributed by atoms with Gasteiger partial charge in [-0.1, -0.05) is 13.3 Å². The fourth-order valence-corrected chi connectivity index (χ4v) is 6.22. The largest absolute Gasteiger partial charge is 0.338 e. The quantitative estimate of drug-likeness (QED) is 0.861. The number of carbonyl (C=O) groups excluding carboxylic acids is 1. The molecule has 1 saturated heterocycles. The molecule has 2 N–H and O–H groups in total. The Morgan fingerprint density at radius 1 is 1.10 bits per heavy atom. The van der Waals surface area contributed by atoms with Crippen LogP contribution < -0.4 is 5.73 Å². The molecule has 4 saturated carbocycles. The molecular formula is C17H28N2O. The number of likely N-dealkylation sites (tertiary alicyclic amines) is 1. The van der Waals surface area contributed by atoms with E-state index < -0.39 is 0 Å². The summed E-state index contributed by atoms with van der Waals surface area (Å²) in [6.07, 6.45) is 9.93. The van der Waals surface area contributed by atoms with E-state index in [4.69, 9.17) is 5.73 Å². The van der Waals surface area contributed by atoms with E-state index in [2.05, 4.69) is 11.8 Å². The van der Waals surface area contributed by atoms with Gasteiger partial charge in [0.25, 0.3) is 0 Å². The summed E-state index contributed by atoms with van der Waals surface area (Å²) in [4.78, 5) is 15.1. The van der Waals surface area contributed by atoms with Crippen molar-refractivity contribution in [3.63, 3.8) is 0 Å². The fraction of sp³-hybridized carbons (Fsp3) is 0.941. The molecule has 1 amide bonds. The van der Waals surface area contributed by atoms with Gasteiger partial charge >= 0.3 is 0 Å². The van der Waals surface area contributed by atoms with Gasteiger partial charge in [0.2, 0.25) is 5.91 Å². The van der Waals surface area contributed by atoms with Crippen LogP contribution in [0.15, 0.2) is 0 Å². The minimum atomic E-state index is -0.0767. The second-order valence-electron chi connectivity index (χ2n) is 8.47. The summed E-state index contributed by atoms with van der Waals surface area (Å²) in [5.74, 6) is 3.02. The van der Waals surface area contributed by atoms with Crippen molar-refractivity contribution in [1.82, 2.24) is 4.90 Å². The molecule has 0 aromatic carbocycles. The highest BCUT2D eigenvalue weighted by Gasteiger charge is 2.57. The SMILES string of the molecule is CCCC1(N)CN(C(=O)C23CC4CC(CC(C4)C2)C3)C1. The van der Waals surface area contributed by atoms with Crippen LogP contribution in [0.1, 0.15) is 58.3 Å². The third-order valence-electron chi connectivity index (χ3n) is 6.54. The standard InChI is InChI=1S/C17H28N2O/c1-2-3-17(18)10-19(11-17)15(20)16-7-12-4-13(8-16)6-14(5-12)9-16/h12-14H,2-11,18H2,1H3. The highest BCUT2D eigenvalue weighted by atomic mass is 16.2. The molecule has 1 aliphatic heterocycles. The Morgan fingerprint density at radius 3 is 2.05 bits per heavy atom. The first-order valence-corrected chi connectivity index (χ1v) is 8.60. The van der Waals surface area contributed by atoms with Gasteiger partial charge in [-0.3, -0.25) is 4.79 Å². The molecular weight excluding hydrogens is 248 g/mol. The third kappa shape index (κ3) is 1.85. The van der Waals surface area contributed by atoms with Gasteiger partial charge in [-0.2, -0.15) is 0 Å². The molecule has 0 aromatic rings. The zero-order chi connectivity index (χ0) is 14.0. The molecule has 5 rings (SSSR count). The van der Waals surface area contributed by atoms with Gasteiger partial charge in [-0.25, -0.2) is 0 Å². The number of hydrogen-bond donors (Lipinski definition) is 1. The summed E-state index contributed by atoms with van der Waals surface area (Å²) in [5, 5.41) is 0. The fourth-order valence-electron chi connectivity index (χ4n) is 6.22. The lowest BCUT2D eigenvalue weighted by atomic mass is 9.49. The number of nitrogens with zero attached hydrogens (tertiary/aromatic N) is 1. The second kappa shape index (κ2) is 4.22. The Morgan fingerprint density at radius 2 is 1.60 bits per heavy atom. The zero-order valence-electron chi connectivity index (χ0n) is 12.7. The normalized spacial score (nSPS) is 44.5. The monoisotopic (exact) mass is 276 g/mol. The number of hydrogen-bond acceptors (Lipinski definition) is 2. The van der Waals surface area contributed by atoms with Crippen LogP contribution in [0.4, 0.5) is 0 Å². The summed E-state index contributed by atoms with van der Waals surface area (Å²) < 4.78 is 0. The lowest BCUT2D eigenvalue weighted by molar-refractivity contribution is -0.165. The lowest BCUT2D eigenvalue weighted by Gasteiger charge is -2.59. The van der Waals surface area contributed by atoms with Gasteiger partial charge in [0.15, 0.2) is 0 Å². The zero-order valence-corrected chi connectivity index (χ0v) is 12.7. The summed E-state index contributed by atoms with van der Waals surface area (Å²) in [6.45, 7) is 3.79. The average Bonchev–Trinajstić information content (AvgIpc) is 2.33. The van der Waals surface area contributed by atoms with Crippen molar-refractivity contribution in [3.8, 4) is 0 Å². The van der Waals surface area contributed by atoms with E-state index in [0.717, 1.165) is 43.7 Å². The van der Waals surface area contributed by atoms with Crippen LogP contribution in [0.2, 0.25) is 0 Å². The molecule has 3 heteroatoms. The van der Waals surface area contributed by atoms with E-state index in [0.29, 0.717) is 5.91 Å². The van der Waals surface area contributed by atoms with Crippen LogP contribution in [0, 0.1) is 23.2 Å². The van der Waals surface area contributed by atoms with Crippen molar-refractivity contribution in [2.24, 2.45) is 28.9 Å². The van der Waals surface area contributed by atoms with Gasteiger partial charge in [-0.15, -0.1) is 0 Å². The Balaban J connectivity index is 1.47. The van der Waals surface area contributed by atoms with Gasteiger partial charge in [0.05, 0.1) is 11.0 Å². The molecule has 1 heterocycles. The smallest absolute Gasteiger partial charge is 0.228 e. The van der Waals surface area contributed by atoms with Crippen molar-refractivity contribution in [1.29, 1.82) is 0 Å². The van der Waals surface area contributed by atoms with E-state index in [1.165, 1.54) is 38.5 Å². The van der Waals surface area contributed by atoms with Crippen LogP contribution >= 0.6 is 0 Å². The Kier molecular flexibility index (Phi) is 2.77. The van der Waals surface area contributed by atoms with Crippen molar-refractivity contribution in [2.45, 2.75) is 63.8 Å². The van der Waals surface area contributed by atoms with Crippen LogP contribution in [-0.2, 0) is 4.79 Å². The molecule has 20 heavy (non-hydrogen) atoms. The van der Waals surface area contributed by atoms with E-state index in [1.54, 1.807) is 0 Å². The molecule has 5 aliphatic rings. The molecule has 0 unspecified atom stereocenters. The number of rotatable bonds is 3. The maximum absolute atomic E-state index is 13.0. The van der Waals surface area contributed by atoms with E-state index in [1.807, 2.05) is 0 Å². The first-order chi connectivity index (χ1) is 9.52. The van der Waals surface area contributed by atoms with Crippen LogP contribution in [0.3, 0.4) is 0 Å². The molecule has 0 radical (unpaired) electrons. The third-order valence-corrected chi connectivity index (χ3v) is 6.54. The minimum absolute atomic E-state index is 0.0301. The highest BCUT2D eigenvalue weighted by Crippen LogP contribution is 2.60. The molecule has 4 bridgehead atoms. The lowest BCUT2D eigenvalue weighted by Crippen LogP contribution is -2.71. The van der Waals surface area contributed by atoms with Crippen LogP contribution in [0.25, 0.3) is 0 Å². The molecule has 5 fully saturated rings. The highest BCUT2D eigenvalue weighted by molar-refractivity contribution is 5.84. The van der Waals surface area contributed by atoms with Crippen molar-refractivity contribution >= 4 is 5.91 Å². The van der Waals surface area contributed by atoms with Gasteiger partial charge in [0.1, 0.15) is 0 Å². The Labute approximate surface area is 122 Å². The molecule has 3 nitrogen and oxygen atoms in total. The summed E-state index contributed by atoms with van der Waals surface area (Å²) in [5.41, 5.74) is 6.29. The second-order valence-corrected chi connectivity index (χ2v) is 8.47. The number of amides is 1. The minimum Gasteiger partial charge on any atom is -0.338 e. The van der Waals surface area contributed by atoms with Gasteiger partial charge in [0, 0.05) is 13.1 Å². The Hall–Kier alpha value is -0.570. The number of nitrogens with two attached hydrogens (primary N) is 1.